The molecule has 0 saturated carbocycles. The lowest BCUT2D eigenvalue weighted by Crippen LogP contribution is -2.30. The van der Waals surface area contributed by atoms with Gasteiger partial charge in [-0.2, -0.15) is 5.10 Å². The Labute approximate surface area is 193 Å². The molecule has 0 aliphatic carbocycles. The second-order valence-electron chi connectivity index (χ2n) is 8.31. The molecule has 3 aromatic rings. The van der Waals surface area contributed by atoms with Crippen LogP contribution in [0.2, 0.25) is 0 Å². The Hall–Kier alpha value is -3.26. The number of hydrogen-bond donors (Lipinski definition) is 2. The number of carbonyl (C=O) groups excluding carboxylic acids is 2. The molecule has 8 heteroatoms. The maximum absolute atomic E-state index is 12.9. The Morgan fingerprint density at radius 1 is 1.18 bits per heavy atom. The van der Waals surface area contributed by atoms with E-state index in [-0.39, 0.29) is 11.7 Å². The maximum Gasteiger partial charge on any atom is 0.251 e. The molecule has 0 spiro atoms. The van der Waals surface area contributed by atoms with E-state index in [0.29, 0.717) is 23.7 Å². The van der Waals surface area contributed by atoms with Crippen molar-refractivity contribution in [1.82, 2.24) is 20.1 Å². The van der Waals surface area contributed by atoms with E-state index in [1.54, 1.807) is 24.3 Å². The molecule has 1 saturated heterocycles. The van der Waals surface area contributed by atoms with Gasteiger partial charge in [-0.1, -0.05) is 19.1 Å². The Morgan fingerprint density at radius 3 is 2.64 bits per heavy atom. The number of fused-ring (bicyclic) bond motifs is 1. The summed E-state index contributed by atoms with van der Waals surface area (Å²) in [5.74, 6) is -0.287. The van der Waals surface area contributed by atoms with Crippen LogP contribution in [0.25, 0.3) is 11.0 Å². The molecule has 174 valence electrons. The van der Waals surface area contributed by atoms with Crippen LogP contribution in [-0.4, -0.2) is 45.7 Å². The maximum atomic E-state index is 12.9. The number of amides is 1. The third kappa shape index (κ3) is 4.90. The lowest BCUT2D eigenvalue weighted by atomic mass is 10.0. The van der Waals surface area contributed by atoms with E-state index >= 15 is 0 Å². The summed E-state index contributed by atoms with van der Waals surface area (Å²) in [7, 11) is 0. The minimum absolute atomic E-state index is 0.0662. The standard InChI is InChI=1S/C25H31N5O3/c1-4-22-20(14-26-25(32)18-8-6-7-17(13-18)16(3)31)23(28-19-9-11-33-12-10-19)21-15-27-30(5-2)24(21)29-22/h6-8,13,15,19H,4-5,9-12,14H2,1-3H3,(H,26,32)(H,28,29). The van der Waals surface area contributed by atoms with Crippen LogP contribution < -0.4 is 10.6 Å². The van der Waals surface area contributed by atoms with E-state index in [1.165, 1.54) is 6.92 Å². The van der Waals surface area contributed by atoms with Gasteiger partial charge in [-0.05, 0) is 45.2 Å². The number of ether oxygens (including phenoxy) is 1. The highest BCUT2D eigenvalue weighted by atomic mass is 16.5. The topological polar surface area (TPSA) is 98.1 Å². The smallest absolute Gasteiger partial charge is 0.251 e. The number of pyridine rings is 1. The molecule has 0 atom stereocenters. The van der Waals surface area contributed by atoms with Crippen molar-refractivity contribution in [2.45, 2.75) is 59.2 Å². The van der Waals surface area contributed by atoms with Gasteiger partial charge < -0.3 is 15.4 Å². The number of ketones is 1. The van der Waals surface area contributed by atoms with Gasteiger partial charge in [0.25, 0.3) is 5.91 Å². The average Bonchev–Trinajstić information content (AvgIpc) is 3.26. The van der Waals surface area contributed by atoms with Crippen molar-refractivity contribution < 1.29 is 14.3 Å². The zero-order valence-corrected chi connectivity index (χ0v) is 19.5. The minimum Gasteiger partial charge on any atom is -0.381 e. The van der Waals surface area contributed by atoms with Crippen LogP contribution in [0.3, 0.4) is 0 Å². The molecule has 1 aliphatic heterocycles. The fourth-order valence-corrected chi connectivity index (χ4v) is 4.25. The molecule has 1 aromatic carbocycles. The van der Waals surface area contributed by atoms with Crippen LogP contribution in [-0.2, 0) is 24.2 Å². The number of nitrogens with zero attached hydrogens (tertiary/aromatic N) is 3. The average molecular weight is 450 g/mol. The summed E-state index contributed by atoms with van der Waals surface area (Å²) in [5, 5.41) is 12.2. The summed E-state index contributed by atoms with van der Waals surface area (Å²) in [4.78, 5) is 29.5. The molecule has 1 amide bonds. The van der Waals surface area contributed by atoms with Gasteiger partial charge in [-0.15, -0.1) is 0 Å². The van der Waals surface area contributed by atoms with E-state index in [1.807, 2.05) is 10.9 Å². The van der Waals surface area contributed by atoms with Crippen molar-refractivity contribution in [3.05, 3.63) is 52.8 Å². The molecule has 0 radical (unpaired) electrons. The SMILES string of the molecule is CCc1nc2c(cnn2CC)c(NC2CCOCC2)c1CNC(=O)c1cccc(C(C)=O)c1. The van der Waals surface area contributed by atoms with Gasteiger partial charge in [0.1, 0.15) is 0 Å². The molecular weight excluding hydrogens is 418 g/mol. The van der Waals surface area contributed by atoms with Crippen LogP contribution in [0.4, 0.5) is 5.69 Å². The molecule has 8 nitrogen and oxygen atoms in total. The highest BCUT2D eigenvalue weighted by Crippen LogP contribution is 2.31. The Balaban J connectivity index is 1.67. The van der Waals surface area contributed by atoms with Crippen LogP contribution in [0, 0.1) is 0 Å². The van der Waals surface area contributed by atoms with Crippen molar-refractivity contribution in [3.8, 4) is 0 Å². The van der Waals surface area contributed by atoms with Crippen LogP contribution in [0.5, 0.6) is 0 Å². The number of nitrogens with one attached hydrogen (secondary N) is 2. The molecule has 2 aromatic heterocycles. The highest BCUT2D eigenvalue weighted by Gasteiger charge is 2.22. The van der Waals surface area contributed by atoms with Crippen molar-refractivity contribution in [2.24, 2.45) is 0 Å². The van der Waals surface area contributed by atoms with Gasteiger partial charge in [0.2, 0.25) is 0 Å². The summed E-state index contributed by atoms with van der Waals surface area (Å²) in [6, 6.07) is 7.09. The molecule has 1 aliphatic rings. The number of rotatable bonds is 8. The van der Waals surface area contributed by atoms with Gasteiger partial charge in [0.15, 0.2) is 11.4 Å². The first-order valence-electron chi connectivity index (χ1n) is 11.6. The van der Waals surface area contributed by atoms with Gasteiger partial charge in [0.05, 0.1) is 17.3 Å². The van der Waals surface area contributed by atoms with Crippen LogP contribution in [0.1, 0.15) is 65.6 Å². The van der Waals surface area contributed by atoms with Gasteiger partial charge in [0, 0.05) is 54.7 Å². The first kappa shape index (κ1) is 22.9. The van der Waals surface area contributed by atoms with Crippen LogP contribution >= 0.6 is 0 Å². The first-order valence-corrected chi connectivity index (χ1v) is 11.6. The Kier molecular flexibility index (Phi) is 7.03. The first-order chi connectivity index (χ1) is 16.0. The van der Waals surface area contributed by atoms with E-state index in [9.17, 15) is 9.59 Å². The fourth-order valence-electron chi connectivity index (χ4n) is 4.25. The van der Waals surface area contributed by atoms with Gasteiger partial charge >= 0.3 is 0 Å². The lowest BCUT2D eigenvalue weighted by molar-refractivity contribution is 0.0904. The Morgan fingerprint density at radius 2 is 1.94 bits per heavy atom. The second-order valence-corrected chi connectivity index (χ2v) is 8.31. The van der Waals surface area contributed by atoms with Crippen LogP contribution in [0.15, 0.2) is 30.5 Å². The Bertz CT molecular complexity index is 1160. The molecule has 33 heavy (non-hydrogen) atoms. The summed E-state index contributed by atoms with van der Waals surface area (Å²) in [6.45, 7) is 8.15. The van der Waals surface area contributed by atoms with Crippen molar-refractivity contribution in [2.75, 3.05) is 18.5 Å². The van der Waals surface area contributed by atoms with Crippen molar-refractivity contribution in [1.29, 1.82) is 0 Å². The zero-order chi connectivity index (χ0) is 23.4. The second kappa shape index (κ2) is 10.1. The summed E-state index contributed by atoms with van der Waals surface area (Å²) < 4.78 is 7.43. The summed E-state index contributed by atoms with van der Waals surface area (Å²) in [6.07, 6.45) is 4.44. The van der Waals surface area contributed by atoms with E-state index in [4.69, 9.17) is 9.72 Å². The predicted octanol–water partition coefficient (Wildman–Crippen LogP) is 3.74. The fraction of sp³-hybridized carbons (Fsp3) is 0.440. The molecule has 1 fully saturated rings. The highest BCUT2D eigenvalue weighted by molar-refractivity contribution is 5.99. The molecule has 3 heterocycles. The normalized spacial score (nSPS) is 14.4. The number of aromatic nitrogens is 3. The van der Waals surface area contributed by atoms with E-state index in [2.05, 4.69) is 29.6 Å². The quantitative estimate of drug-likeness (QED) is 0.509. The number of hydrogen-bond acceptors (Lipinski definition) is 6. The number of benzene rings is 1. The van der Waals surface area contributed by atoms with Crippen molar-refractivity contribution >= 4 is 28.4 Å². The number of Topliss-reactive ketones (excluding diaryl/α,β-unsaturated/α-hetero) is 1. The summed E-state index contributed by atoms with van der Waals surface area (Å²) in [5.41, 5.74) is 4.74. The molecule has 4 rings (SSSR count). The zero-order valence-electron chi connectivity index (χ0n) is 19.5. The minimum atomic E-state index is -0.221. The number of aryl methyl sites for hydroxylation is 2. The molecule has 0 unspecified atom stereocenters. The number of anilines is 1. The number of carbonyl (C=O) groups is 2. The monoisotopic (exact) mass is 449 g/mol. The third-order valence-electron chi connectivity index (χ3n) is 6.13. The molecule has 0 bridgehead atoms. The summed E-state index contributed by atoms with van der Waals surface area (Å²) >= 11 is 0. The lowest BCUT2D eigenvalue weighted by Gasteiger charge is -2.26. The third-order valence-corrected chi connectivity index (χ3v) is 6.13. The van der Waals surface area contributed by atoms with Gasteiger partial charge in [-0.3, -0.25) is 9.59 Å². The molecule has 2 N–H and O–H groups in total. The van der Waals surface area contributed by atoms with E-state index < -0.39 is 0 Å². The molecular formula is C25H31N5O3. The largest absolute Gasteiger partial charge is 0.381 e. The van der Waals surface area contributed by atoms with Crippen molar-refractivity contribution in [3.63, 3.8) is 0 Å². The van der Waals surface area contributed by atoms with Gasteiger partial charge in [-0.25, -0.2) is 9.67 Å². The van der Waals surface area contributed by atoms with E-state index in [0.717, 1.165) is 67.0 Å². The predicted molar refractivity (Wildman–Crippen MR) is 128 cm³/mol.